The number of aliphatic hydroxyl groups is 5. The van der Waals surface area contributed by atoms with E-state index in [4.69, 9.17) is 15.9 Å². The molecule has 0 spiro atoms. The van der Waals surface area contributed by atoms with Crippen LogP contribution < -0.4 is 5.73 Å². The summed E-state index contributed by atoms with van der Waals surface area (Å²) < 4.78 is 4.41. The minimum absolute atomic E-state index is 0.370. The molecule has 0 saturated carbocycles. The van der Waals surface area contributed by atoms with E-state index in [0.717, 1.165) is 0 Å². The van der Waals surface area contributed by atoms with Gasteiger partial charge in [0, 0.05) is 0 Å². The molecule has 0 heterocycles. The van der Waals surface area contributed by atoms with Crippen LogP contribution in [0.15, 0.2) is 0 Å². The molecule has 7 N–H and O–H groups in total. The van der Waals surface area contributed by atoms with Gasteiger partial charge in [0.1, 0.15) is 31.0 Å². The minimum atomic E-state index is -1.74. The van der Waals surface area contributed by atoms with Gasteiger partial charge in [-0.25, -0.2) is 0 Å². The van der Waals surface area contributed by atoms with Crippen LogP contribution in [0.4, 0.5) is 0 Å². The molecule has 8 heteroatoms. The van der Waals surface area contributed by atoms with Crippen LogP contribution in [-0.2, 0) is 9.53 Å². The van der Waals surface area contributed by atoms with E-state index in [1.807, 2.05) is 0 Å². The Labute approximate surface area is 91.9 Å². The van der Waals surface area contributed by atoms with Crippen LogP contribution in [0.2, 0.25) is 0 Å². The Morgan fingerprint density at radius 1 is 1.12 bits per heavy atom. The van der Waals surface area contributed by atoms with Crippen molar-refractivity contribution in [2.24, 2.45) is 5.73 Å². The Hall–Kier alpha value is -0.770. The summed E-state index contributed by atoms with van der Waals surface area (Å²) in [5.74, 6) is -0.775. The van der Waals surface area contributed by atoms with Gasteiger partial charge in [-0.15, -0.1) is 0 Å². The maximum Gasteiger partial charge on any atom is 0.319 e. The SMILES string of the molecule is NCC(=O)OC[C@@H](O)[C@@H](O)[C@H](O)[C@H](O)CO. The third-order valence-corrected chi connectivity index (χ3v) is 1.91. The van der Waals surface area contributed by atoms with Crippen molar-refractivity contribution in [3.63, 3.8) is 0 Å². The third-order valence-electron chi connectivity index (χ3n) is 1.91. The summed E-state index contributed by atoms with van der Waals surface area (Å²) in [5, 5.41) is 45.2. The summed E-state index contributed by atoms with van der Waals surface area (Å²) in [6.45, 7) is -1.70. The fourth-order valence-electron chi connectivity index (χ4n) is 0.899. The molecule has 0 saturated heterocycles. The van der Waals surface area contributed by atoms with Gasteiger partial charge in [-0.1, -0.05) is 0 Å². The summed E-state index contributed by atoms with van der Waals surface area (Å²) in [5.41, 5.74) is 4.92. The zero-order chi connectivity index (χ0) is 12.7. The van der Waals surface area contributed by atoms with Gasteiger partial charge in [-0.05, 0) is 0 Å². The molecule has 0 amide bonds. The average Bonchev–Trinajstić information content (AvgIpc) is 2.32. The van der Waals surface area contributed by atoms with Crippen molar-refractivity contribution in [1.29, 1.82) is 0 Å². The van der Waals surface area contributed by atoms with Crippen LogP contribution in [-0.4, -0.2) is 75.7 Å². The Bertz CT molecular complexity index is 213. The summed E-state index contributed by atoms with van der Waals surface area (Å²) in [6, 6.07) is 0. The number of nitrogens with two attached hydrogens (primary N) is 1. The van der Waals surface area contributed by atoms with Gasteiger partial charge < -0.3 is 36.0 Å². The first-order valence-electron chi connectivity index (χ1n) is 4.62. The summed E-state index contributed by atoms with van der Waals surface area (Å²) in [6.07, 6.45) is -6.65. The average molecular weight is 239 g/mol. The number of rotatable bonds is 7. The van der Waals surface area contributed by atoms with Crippen molar-refractivity contribution in [3.8, 4) is 0 Å². The van der Waals surface area contributed by atoms with Crippen molar-refractivity contribution in [2.75, 3.05) is 19.8 Å². The lowest BCUT2D eigenvalue weighted by atomic mass is 10.0. The van der Waals surface area contributed by atoms with Gasteiger partial charge in [0.05, 0.1) is 13.2 Å². The van der Waals surface area contributed by atoms with E-state index in [1.165, 1.54) is 0 Å². The third kappa shape index (κ3) is 4.84. The zero-order valence-electron chi connectivity index (χ0n) is 8.56. The molecule has 0 radical (unpaired) electrons. The van der Waals surface area contributed by atoms with Crippen molar-refractivity contribution in [3.05, 3.63) is 0 Å². The predicted molar refractivity (Wildman–Crippen MR) is 51.1 cm³/mol. The number of hydrogen-bond acceptors (Lipinski definition) is 8. The highest BCUT2D eigenvalue weighted by atomic mass is 16.5. The lowest BCUT2D eigenvalue weighted by Crippen LogP contribution is -2.47. The second-order valence-electron chi connectivity index (χ2n) is 3.19. The Morgan fingerprint density at radius 2 is 1.62 bits per heavy atom. The van der Waals surface area contributed by atoms with Crippen LogP contribution >= 0.6 is 0 Å². The first kappa shape index (κ1) is 15.2. The number of esters is 1. The van der Waals surface area contributed by atoms with Gasteiger partial charge in [0.15, 0.2) is 0 Å². The van der Waals surface area contributed by atoms with Gasteiger partial charge in [-0.3, -0.25) is 4.79 Å². The van der Waals surface area contributed by atoms with Crippen LogP contribution in [0, 0.1) is 0 Å². The molecule has 0 aliphatic carbocycles. The molecule has 0 rings (SSSR count). The highest BCUT2D eigenvalue weighted by molar-refractivity contribution is 5.71. The number of ether oxygens (including phenoxy) is 1. The molecule has 16 heavy (non-hydrogen) atoms. The van der Waals surface area contributed by atoms with E-state index in [0.29, 0.717) is 0 Å². The van der Waals surface area contributed by atoms with Crippen molar-refractivity contribution < 1.29 is 35.1 Å². The minimum Gasteiger partial charge on any atom is -0.462 e. The van der Waals surface area contributed by atoms with E-state index >= 15 is 0 Å². The van der Waals surface area contributed by atoms with Crippen LogP contribution in [0.5, 0.6) is 0 Å². The standard InChI is InChI=1S/C8H17NO7/c9-1-6(13)16-3-5(12)8(15)7(14)4(11)2-10/h4-5,7-8,10-12,14-15H,1-3,9H2/t4-,5-,7-,8-/m1/s1. The van der Waals surface area contributed by atoms with E-state index in [2.05, 4.69) is 4.74 Å². The summed E-state index contributed by atoms with van der Waals surface area (Å²) >= 11 is 0. The van der Waals surface area contributed by atoms with Crippen molar-refractivity contribution in [1.82, 2.24) is 0 Å². The molecular formula is C8H17NO7. The van der Waals surface area contributed by atoms with E-state index < -0.39 is 43.6 Å². The molecule has 0 aromatic rings. The van der Waals surface area contributed by atoms with Crippen LogP contribution in [0.25, 0.3) is 0 Å². The molecule has 0 fully saturated rings. The lowest BCUT2D eigenvalue weighted by Gasteiger charge is -2.25. The fourth-order valence-corrected chi connectivity index (χ4v) is 0.899. The number of aliphatic hydroxyl groups excluding tert-OH is 5. The molecule has 0 bridgehead atoms. The largest absolute Gasteiger partial charge is 0.462 e. The van der Waals surface area contributed by atoms with E-state index in [-0.39, 0.29) is 6.54 Å². The van der Waals surface area contributed by atoms with Crippen LogP contribution in [0.3, 0.4) is 0 Å². The molecule has 96 valence electrons. The van der Waals surface area contributed by atoms with Gasteiger partial charge >= 0.3 is 5.97 Å². The molecule has 0 unspecified atom stereocenters. The van der Waals surface area contributed by atoms with Crippen molar-refractivity contribution in [2.45, 2.75) is 24.4 Å². The first-order valence-corrected chi connectivity index (χ1v) is 4.62. The maximum absolute atomic E-state index is 10.6. The topological polar surface area (TPSA) is 153 Å². The Morgan fingerprint density at radius 3 is 2.06 bits per heavy atom. The number of hydrogen-bond donors (Lipinski definition) is 6. The van der Waals surface area contributed by atoms with Crippen LogP contribution in [0.1, 0.15) is 0 Å². The predicted octanol–water partition coefficient (Wildman–Crippen LogP) is -4.08. The molecule has 4 atom stereocenters. The molecule has 0 aliphatic heterocycles. The molecule has 0 aromatic heterocycles. The Kier molecular flexibility index (Phi) is 7.13. The van der Waals surface area contributed by atoms with Gasteiger partial charge in [0.25, 0.3) is 0 Å². The zero-order valence-corrected chi connectivity index (χ0v) is 8.56. The smallest absolute Gasteiger partial charge is 0.319 e. The lowest BCUT2D eigenvalue weighted by molar-refractivity contribution is -0.154. The van der Waals surface area contributed by atoms with Gasteiger partial charge in [0.2, 0.25) is 0 Å². The van der Waals surface area contributed by atoms with E-state index in [1.54, 1.807) is 0 Å². The second kappa shape index (κ2) is 7.49. The number of carbonyl (C=O) groups excluding carboxylic acids is 1. The summed E-state index contributed by atoms with van der Waals surface area (Å²) in [4.78, 5) is 10.6. The highest BCUT2D eigenvalue weighted by Crippen LogP contribution is 2.05. The van der Waals surface area contributed by atoms with Crippen molar-refractivity contribution >= 4 is 5.97 Å². The summed E-state index contributed by atoms with van der Waals surface area (Å²) in [7, 11) is 0. The normalized spacial score (nSPS) is 18.6. The maximum atomic E-state index is 10.6. The van der Waals surface area contributed by atoms with E-state index in [9.17, 15) is 20.1 Å². The molecule has 8 nitrogen and oxygen atoms in total. The highest BCUT2D eigenvalue weighted by Gasteiger charge is 2.30. The Balaban J connectivity index is 4.06. The van der Waals surface area contributed by atoms with Gasteiger partial charge in [-0.2, -0.15) is 0 Å². The first-order chi connectivity index (χ1) is 7.43. The number of carbonyl (C=O) groups is 1. The quantitative estimate of drug-likeness (QED) is 0.245. The molecule has 0 aliphatic rings. The second-order valence-corrected chi connectivity index (χ2v) is 3.19. The molecule has 0 aromatic carbocycles. The monoisotopic (exact) mass is 239 g/mol. The fraction of sp³-hybridized carbons (Fsp3) is 0.875. The molecular weight excluding hydrogens is 222 g/mol.